The highest BCUT2D eigenvalue weighted by atomic mass is 16.5. The van der Waals surface area contributed by atoms with E-state index in [4.69, 9.17) is 4.74 Å². The summed E-state index contributed by atoms with van der Waals surface area (Å²) in [5, 5.41) is 6.65. The van der Waals surface area contributed by atoms with Gasteiger partial charge in [-0.2, -0.15) is 0 Å². The zero-order valence-electron chi connectivity index (χ0n) is 14.5. The molecule has 0 aliphatic heterocycles. The highest BCUT2D eigenvalue weighted by molar-refractivity contribution is 5.79. The first-order valence-electron chi connectivity index (χ1n) is 7.88. The van der Waals surface area contributed by atoms with E-state index >= 15 is 0 Å². The van der Waals surface area contributed by atoms with Gasteiger partial charge in [-0.25, -0.2) is 0 Å². The summed E-state index contributed by atoms with van der Waals surface area (Å²) in [6.45, 7) is 9.78. The van der Waals surface area contributed by atoms with Gasteiger partial charge in [-0.15, -0.1) is 0 Å². The van der Waals surface area contributed by atoms with Crippen LogP contribution < -0.4 is 15.5 Å². The second-order valence-corrected chi connectivity index (χ2v) is 5.42. The van der Waals surface area contributed by atoms with E-state index in [1.807, 2.05) is 0 Å². The molecule has 22 heavy (non-hydrogen) atoms. The summed E-state index contributed by atoms with van der Waals surface area (Å²) >= 11 is 0. The van der Waals surface area contributed by atoms with Gasteiger partial charge in [0.15, 0.2) is 5.96 Å². The number of benzene rings is 1. The molecule has 1 aromatic rings. The van der Waals surface area contributed by atoms with E-state index in [9.17, 15) is 0 Å². The third-order valence-corrected chi connectivity index (χ3v) is 3.45. The Labute approximate surface area is 134 Å². The Morgan fingerprint density at radius 2 is 2.18 bits per heavy atom. The molecular weight excluding hydrogens is 276 g/mol. The summed E-state index contributed by atoms with van der Waals surface area (Å²) in [5.41, 5.74) is 2.55. The first kappa shape index (κ1) is 18.3. The summed E-state index contributed by atoms with van der Waals surface area (Å²) in [5.74, 6) is 0.810. The Hall–Kier alpha value is -1.75. The molecule has 0 radical (unpaired) electrons. The van der Waals surface area contributed by atoms with Crippen molar-refractivity contribution >= 4 is 11.6 Å². The zero-order valence-corrected chi connectivity index (χ0v) is 14.5. The van der Waals surface area contributed by atoms with Crippen LogP contribution in [-0.4, -0.2) is 52.4 Å². The van der Waals surface area contributed by atoms with Crippen molar-refractivity contribution in [2.24, 2.45) is 4.99 Å². The molecule has 0 aliphatic carbocycles. The van der Waals surface area contributed by atoms with E-state index in [0.717, 1.165) is 25.6 Å². The smallest absolute Gasteiger partial charge is 0.191 e. The monoisotopic (exact) mass is 306 g/mol. The molecule has 1 atom stereocenters. The second kappa shape index (κ2) is 10.1. The van der Waals surface area contributed by atoms with Crippen LogP contribution >= 0.6 is 0 Å². The van der Waals surface area contributed by atoms with Crippen molar-refractivity contribution < 1.29 is 4.74 Å². The average molecular weight is 306 g/mol. The van der Waals surface area contributed by atoms with E-state index in [-0.39, 0.29) is 6.04 Å². The number of anilines is 1. The number of nitrogens with one attached hydrogen (secondary N) is 2. The van der Waals surface area contributed by atoms with E-state index in [1.165, 1.54) is 11.3 Å². The molecule has 5 nitrogen and oxygen atoms in total. The third-order valence-electron chi connectivity index (χ3n) is 3.45. The molecule has 0 spiro atoms. The molecule has 2 N–H and O–H groups in total. The second-order valence-electron chi connectivity index (χ2n) is 5.42. The standard InChI is InChI=1S/C17H30N4O/c1-6-21(16-9-7-8-14(2)12-16)11-10-19-17(18-4)20-15(3)13-22-5/h7-9,12,15H,6,10-11,13H2,1-5H3,(H2,18,19,20). The molecule has 0 aromatic heterocycles. The maximum absolute atomic E-state index is 5.12. The fraction of sp³-hybridized carbons (Fsp3) is 0.588. The maximum atomic E-state index is 5.12. The molecule has 0 aliphatic rings. The number of ether oxygens (including phenoxy) is 1. The fourth-order valence-electron chi connectivity index (χ4n) is 2.32. The molecule has 1 unspecified atom stereocenters. The fourth-order valence-corrected chi connectivity index (χ4v) is 2.32. The lowest BCUT2D eigenvalue weighted by Gasteiger charge is -2.24. The Morgan fingerprint density at radius 3 is 2.77 bits per heavy atom. The van der Waals surface area contributed by atoms with Crippen LogP contribution in [0.4, 0.5) is 5.69 Å². The minimum Gasteiger partial charge on any atom is -0.383 e. The van der Waals surface area contributed by atoms with Gasteiger partial charge in [-0.3, -0.25) is 4.99 Å². The topological polar surface area (TPSA) is 48.9 Å². The number of hydrogen-bond donors (Lipinski definition) is 2. The van der Waals surface area contributed by atoms with E-state index in [2.05, 4.69) is 65.6 Å². The summed E-state index contributed by atoms with van der Waals surface area (Å²) in [4.78, 5) is 6.59. The Balaban J connectivity index is 2.46. The van der Waals surface area contributed by atoms with Crippen molar-refractivity contribution in [1.29, 1.82) is 0 Å². The van der Waals surface area contributed by atoms with Crippen LogP contribution in [0, 0.1) is 6.92 Å². The third kappa shape index (κ3) is 6.35. The van der Waals surface area contributed by atoms with Gasteiger partial charge in [0.2, 0.25) is 0 Å². The molecule has 0 saturated heterocycles. The predicted octanol–water partition coefficient (Wildman–Crippen LogP) is 2.02. The maximum Gasteiger partial charge on any atom is 0.191 e. The van der Waals surface area contributed by atoms with Crippen LogP contribution in [0.5, 0.6) is 0 Å². The van der Waals surface area contributed by atoms with E-state index in [1.54, 1.807) is 14.2 Å². The number of aryl methyl sites for hydroxylation is 1. The number of guanidine groups is 1. The lowest BCUT2D eigenvalue weighted by atomic mass is 10.2. The van der Waals surface area contributed by atoms with Gasteiger partial charge in [0.05, 0.1) is 6.61 Å². The normalized spacial score (nSPS) is 12.9. The zero-order chi connectivity index (χ0) is 16.4. The molecule has 0 amide bonds. The lowest BCUT2D eigenvalue weighted by Crippen LogP contribution is -2.46. The SMILES string of the molecule is CCN(CCNC(=NC)NC(C)COC)c1cccc(C)c1. The number of methoxy groups -OCH3 is 1. The Morgan fingerprint density at radius 1 is 1.41 bits per heavy atom. The van der Waals surface area contributed by atoms with Crippen LogP contribution in [-0.2, 0) is 4.74 Å². The number of rotatable bonds is 8. The van der Waals surface area contributed by atoms with Gasteiger partial charge >= 0.3 is 0 Å². The van der Waals surface area contributed by atoms with Crippen LogP contribution in [0.2, 0.25) is 0 Å². The number of nitrogens with zero attached hydrogens (tertiary/aromatic N) is 2. The summed E-state index contributed by atoms with van der Waals surface area (Å²) in [6.07, 6.45) is 0. The Bertz CT molecular complexity index is 462. The molecule has 0 bridgehead atoms. The largest absolute Gasteiger partial charge is 0.383 e. The van der Waals surface area contributed by atoms with Crippen LogP contribution in [0.15, 0.2) is 29.3 Å². The van der Waals surface area contributed by atoms with E-state index in [0.29, 0.717) is 6.61 Å². The summed E-state index contributed by atoms with van der Waals surface area (Å²) in [6, 6.07) is 8.84. The van der Waals surface area contributed by atoms with Gasteiger partial charge in [0.1, 0.15) is 0 Å². The Kier molecular flexibility index (Phi) is 8.36. The number of likely N-dealkylation sites (N-methyl/N-ethyl adjacent to an activating group) is 1. The quantitative estimate of drug-likeness (QED) is 0.570. The van der Waals surface area contributed by atoms with Crippen molar-refractivity contribution in [3.8, 4) is 0 Å². The van der Waals surface area contributed by atoms with Gasteiger partial charge in [-0.1, -0.05) is 12.1 Å². The highest BCUT2D eigenvalue weighted by Crippen LogP contribution is 2.14. The number of hydrogen-bond acceptors (Lipinski definition) is 3. The minimum atomic E-state index is 0.232. The van der Waals surface area contributed by atoms with Crippen LogP contribution in [0.25, 0.3) is 0 Å². The van der Waals surface area contributed by atoms with Crippen molar-refractivity contribution in [2.75, 3.05) is 45.3 Å². The van der Waals surface area contributed by atoms with E-state index < -0.39 is 0 Å². The molecule has 1 aromatic carbocycles. The molecule has 124 valence electrons. The van der Waals surface area contributed by atoms with Crippen LogP contribution in [0.3, 0.4) is 0 Å². The van der Waals surface area contributed by atoms with Gasteiger partial charge in [0.25, 0.3) is 0 Å². The predicted molar refractivity (Wildman–Crippen MR) is 94.9 cm³/mol. The van der Waals surface area contributed by atoms with Crippen LogP contribution in [0.1, 0.15) is 19.4 Å². The molecule has 5 heteroatoms. The molecule has 1 rings (SSSR count). The minimum absolute atomic E-state index is 0.232. The molecule has 0 saturated carbocycles. The lowest BCUT2D eigenvalue weighted by molar-refractivity contribution is 0.179. The van der Waals surface area contributed by atoms with Gasteiger partial charge in [-0.05, 0) is 38.5 Å². The van der Waals surface area contributed by atoms with Crippen molar-refractivity contribution in [2.45, 2.75) is 26.8 Å². The van der Waals surface area contributed by atoms with Crippen molar-refractivity contribution in [1.82, 2.24) is 10.6 Å². The first-order chi connectivity index (χ1) is 10.6. The molecule has 0 heterocycles. The summed E-state index contributed by atoms with van der Waals surface area (Å²) in [7, 11) is 3.49. The first-order valence-corrected chi connectivity index (χ1v) is 7.88. The molecular formula is C17H30N4O. The van der Waals surface area contributed by atoms with Gasteiger partial charge in [0, 0.05) is 45.5 Å². The summed E-state index contributed by atoms with van der Waals surface area (Å²) < 4.78 is 5.12. The van der Waals surface area contributed by atoms with Gasteiger partial charge < -0.3 is 20.3 Å². The average Bonchev–Trinajstić information content (AvgIpc) is 2.50. The number of aliphatic imine (C=N–C) groups is 1. The highest BCUT2D eigenvalue weighted by Gasteiger charge is 2.07. The molecule has 0 fully saturated rings. The van der Waals surface area contributed by atoms with Crippen molar-refractivity contribution in [3.63, 3.8) is 0 Å². The van der Waals surface area contributed by atoms with Crippen molar-refractivity contribution in [3.05, 3.63) is 29.8 Å².